The summed E-state index contributed by atoms with van der Waals surface area (Å²) in [6.07, 6.45) is -5.02. The van der Waals surface area contributed by atoms with Gasteiger partial charge < -0.3 is 37.6 Å². The third kappa shape index (κ3) is 8.70. The Balaban J connectivity index is 1.92. The van der Waals surface area contributed by atoms with Gasteiger partial charge in [0.15, 0.2) is 23.7 Å². The average molecular weight is 583 g/mol. The second-order valence-electron chi connectivity index (χ2n) is 8.84. The first kappa shape index (κ1) is 30.9. The van der Waals surface area contributed by atoms with E-state index >= 15 is 0 Å². The van der Waals surface area contributed by atoms with Crippen molar-refractivity contribution in [2.45, 2.75) is 70.7 Å². The summed E-state index contributed by atoms with van der Waals surface area (Å²) in [5.74, 6) is 0.395. The van der Waals surface area contributed by atoms with E-state index in [9.17, 15) is 19.2 Å². The summed E-state index contributed by atoms with van der Waals surface area (Å²) >= 11 is 1.15. The summed E-state index contributed by atoms with van der Waals surface area (Å²) < 4.78 is 43.1. The lowest BCUT2D eigenvalue weighted by molar-refractivity contribution is -0.120. The molecule has 0 radical (unpaired) electrons. The van der Waals surface area contributed by atoms with E-state index in [-0.39, 0.29) is 25.6 Å². The molecule has 0 spiro atoms. The minimum Gasteiger partial charge on any atom is -0.476 e. The molecule has 0 amide bonds. The normalized spacial score (nSPS) is 20.3. The van der Waals surface area contributed by atoms with Gasteiger partial charge in [0.05, 0.1) is 19.8 Å². The topological polar surface area (TPSA) is 146 Å². The first-order valence-electron chi connectivity index (χ1n) is 13.1. The molecule has 220 valence electrons. The van der Waals surface area contributed by atoms with Gasteiger partial charge >= 0.3 is 24.1 Å². The van der Waals surface area contributed by atoms with Gasteiger partial charge in [-0.25, -0.2) is 19.2 Å². The summed E-state index contributed by atoms with van der Waals surface area (Å²) in [7, 11) is 0. The van der Waals surface area contributed by atoms with Crippen LogP contribution in [0.3, 0.4) is 0 Å². The summed E-state index contributed by atoms with van der Waals surface area (Å²) in [5.41, 5.74) is -0.417. The van der Waals surface area contributed by atoms with E-state index in [0.29, 0.717) is 30.6 Å². The number of carbonyl (C=O) groups excluding carboxylic acids is 3. The van der Waals surface area contributed by atoms with Crippen molar-refractivity contribution in [2.24, 2.45) is 0 Å². The van der Waals surface area contributed by atoms with Gasteiger partial charge in [0.1, 0.15) is 11.3 Å². The molecule has 1 aromatic carbocycles. The zero-order valence-corrected chi connectivity index (χ0v) is 23.7. The first-order valence-corrected chi connectivity index (χ1v) is 14.1. The van der Waals surface area contributed by atoms with E-state index < -0.39 is 47.8 Å². The number of ether oxygens (including phenoxy) is 7. The van der Waals surface area contributed by atoms with Crippen molar-refractivity contribution in [2.75, 3.05) is 25.6 Å². The highest BCUT2D eigenvalue weighted by Gasteiger charge is 2.49. The van der Waals surface area contributed by atoms with Gasteiger partial charge in [-0.2, -0.15) is 0 Å². The van der Waals surface area contributed by atoms with Crippen LogP contribution in [0.2, 0.25) is 0 Å². The summed E-state index contributed by atoms with van der Waals surface area (Å²) in [6.45, 7) is 7.57. The first-order chi connectivity index (χ1) is 19.2. The maximum absolute atomic E-state index is 12.5. The van der Waals surface area contributed by atoms with Crippen LogP contribution in [0.5, 0.6) is 5.75 Å². The molecule has 1 fully saturated rings. The minimum atomic E-state index is -1.32. The summed E-state index contributed by atoms with van der Waals surface area (Å²) in [4.78, 5) is 49.2. The fourth-order valence-electron chi connectivity index (χ4n) is 3.73. The summed E-state index contributed by atoms with van der Waals surface area (Å²) in [5, 5.41) is 0.720. The van der Waals surface area contributed by atoms with Gasteiger partial charge in [0.25, 0.3) is 0 Å². The van der Waals surface area contributed by atoms with Crippen LogP contribution in [0, 0.1) is 6.92 Å². The largest absolute Gasteiger partial charge is 0.508 e. The molecule has 3 rings (SSSR count). The Kier molecular flexibility index (Phi) is 11.8. The average Bonchev–Trinajstić information content (AvgIpc) is 2.92. The van der Waals surface area contributed by atoms with E-state index in [1.165, 1.54) is 12.1 Å². The molecule has 0 unspecified atom stereocenters. The zero-order valence-electron chi connectivity index (χ0n) is 22.9. The number of fused-ring (bicyclic) bond motifs is 1. The molecule has 1 saturated heterocycles. The molecule has 12 nitrogen and oxygen atoms in total. The van der Waals surface area contributed by atoms with Crippen molar-refractivity contribution in [3.8, 4) is 5.75 Å². The molecule has 1 aliphatic heterocycles. The molecule has 0 saturated carbocycles. The van der Waals surface area contributed by atoms with Crippen LogP contribution in [0.25, 0.3) is 11.0 Å². The molecule has 1 aromatic heterocycles. The lowest BCUT2D eigenvalue weighted by atomic mass is 10.1. The van der Waals surface area contributed by atoms with E-state index in [1.54, 1.807) is 19.1 Å². The molecule has 40 heavy (non-hydrogen) atoms. The molecular formula is C27H34O12S. The Morgan fingerprint density at radius 2 is 1.43 bits per heavy atom. The predicted octanol–water partition coefficient (Wildman–Crippen LogP) is 5.35. The van der Waals surface area contributed by atoms with Gasteiger partial charge in [-0.05, 0) is 43.9 Å². The van der Waals surface area contributed by atoms with Crippen LogP contribution in [-0.2, 0) is 28.4 Å². The maximum atomic E-state index is 12.5. The number of hydrogen-bond donors (Lipinski definition) is 0. The van der Waals surface area contributed by atoms with Gasteiger partial charge in [-0.3, -0.25) is 0 Å². The highest BCUT2D eigenvalue weighted by Crippen LogP contribution is 2.35. The summed E-state index contributed by atoms with van der Waals surface area (Å²) in [6, 6.07) is 6.32. The molecule has 0 bridgehead atoms. The second kappa shape index (κ2) is 15.2. The molecule has 0 aliphatic carbocycles. The van der Waals surface area contributed by atoms with Gasteiger partial charge in [-0.1, -0.05) is 20.8 Å². The lowest BCUT2D eigenvalue weighted by Crippen LogP contribution is -2.56. The molecular weight excluding hydrogens is 548 g/mol. The van der Waals surface area contributed by atoms with E-state index in [0.717, 1.165) is 22.7 Å². The smallest absolute Gasteiger partial charge is 0.476 e. The molecule has 0 N–H and O–H groups in total. The van der Waals surface area contributed by atoms with Crippen molar-refractivity contribution in [3.05, 3.63) is 40.2 Å². The van der Waals surface area contributed by atoms with Crippen molar-refractivity contribution in [1.29, 1.82) is 0 Å². The van der Waals surface area contributed by atoms with Crippen LogP contribution >= 0.6 is 11.8 Å². The minimum absolute atomic E-state index is 0.0933. The number of rotatable bonds is 11. The number of thioether (sulfide) groups is 1. The predicted molar refractivity (Wildman–Crippen MR) is 144 cm³/mol. The maximum Gasteiger partial charge on any atom is 0.508 e. The molecule has 2 heterocycles. The Morgan fingerprint density at radius 1 is 0.850 bits per heavy atom. The molecule has 13 heteroatoms. The van der Waals surface area contributed by atoms with Crippen LogP contribution in [0.4, 0.5) is 14.4 Å². The van der Waals surface area contributed by atoms with E-state index in [1.807, 2.05) is 20.8 Å². The van der Waals surface area contributed by atoms with Crippen LogP contribution in [0.15, 0.2) is 33.5 Å². The molecule has 4 atom stereocenters. The zero-order chi connectivity index (χ0) is 29.1. The van der Waals surface area contributed by atoms with Crippen molar-refractivity contribution < 1.29 is 52.0 Å². The third-order valence-electron chi connectivity index (χ3n) is 5.54. The number of carbonyl (C=O) groups is 3. The van der Waals surface area contributed by atoms with Gasteiger partial charge in [0, 0.05) is 23.3 Å². The number of hydrogen-bond acceptors (Lipinski definition) is 13. The van der Waals surface area contributed by atoms with E-state index in [2.05, 4.69) is 0 Å². The van der Waals surface area contributed by atoms with Gasteiger partial charge in [0.2, 0.25) is 0 Å². The van der Waals surface area contributed by atoms with Crippen LogP contribution in [-0.4, -0.2) is 67.8 Å². The van der Waals surface area contributed by atoms with Gasteiger partial charge in [-0.15, -0.1) is 11.8 Å². The number of benzene rings is 1. The van der Waals surface area contributed by atoms with Crippen molar-refractivity contribution in [3.63, 3.8) is 0 Å². The Labute approximate surface area is 235 Å². The quantitative estimate of drug-likeness (QED) is 0.191. The van der Waals surface area contributed by atoms with Crippen LogP contribution < -0.4 is 10.4 Å². The van der Waals surface area contributed by atoms with Crippen molar-refractivity contribution >= 4 is 41.2 Å². The Morgan fingerprint density at radius 3 is 2.02 bits per heavy atom. The monoisotopic (exact) mass is 582 g/mol. The van der Waals surface area contributed by atoms with Crippen LogP contribution in [0.1, 0.15) is 45.6 Å². The highest BCUT2D eigenvalue weighted by atomic mass is 32.2. The third-order valence-corrected chi connectivity index (χ3v) is 6.76. The standard InChI is InChI=1S/C27H34O12S/c1-5-10-32-25(29)37-20-15-40-24(35-17-8-9-18-16(4)13-21(28)36-19(18)14-17)23(39-27(31)34-12-7-3)22(20)38-26(30)33-11-6-2/h8-9,13-14,20,22-24H,5-7,10-12,15H2,1-4H3/t20-,22+,23-,24-/m1/s1. The second-order valence-corrected chi connectivity index (χ2v) is 9.97. The SMILES string of the molecule is CCCOC(=O)O[C@@H]1[C@@H](OC(=O)OCCC)[C@H](OC(=O)OCCC)CS[C@H]1Oc1ccc2c(C)cc(=O)oc2c1. The highest BCUT2D eigenvalue weighted by molar-refractivity contribution is 7.99. The van der Waals surface area contributed by atoms with Crippen molar-refractivity contribution in [1.82, 2.24) is 0 Å². The fourth-order valence-corrected chi connectivity index (χ4v) is 4.95. The molecule has 1 aliphatic rings. The molecule has 2 aromatic rings. The number of aryl methyl sites for hydroxylation is 1. The fraction of sp³-hybridized carbons (Fsp3) is 0.556. The van der Waals surface area contributed by atoms with E-state index in [4.69, 9.17) is 37.6 Å². The lowest BCUT2D eigenvalue weighted by Gasteiger charge is -2.39. The Bertz CT molecular complexity index is 1210. The Hall–Kier alpha value is -3.61.